The van der Waals surface area contributed by atoms with Crippen molar-refractivity contribution in [1.29, 1.82) is 0 Å². The first-order valence-corrected chi connectivity index (χ1v) is 12.2. The molecule has 0 aliphatic heterocycles. The van der Waals surface area contributed by atoms with Crippen LogP contribution in [0.2, 0.25) is 0 Å². The van der Waals surface area contributed by atoms with E-state index in [-0.39, 0.29) is 41.5 Å². The molecule has 0 unspecified atom stereocenters. The predicted molar refractivity (Wildman–Crippen MR) is 138 cm³/mol. The van der Waals surface area contributed by atoms with Gasteiger partial charge in [0.2, 0.25) is 5.88 Å². The number of nitrogens with two attached hydrogens (primary N) is 1. The van der Waals surface area contributed by atoms with Crippen molar-refractivity contribution >= 4 is 16.8 Å². The monoisotopic (exact) mass is 523 g/mol. The average Bonchev–Trinajstić information content (AvgIpc) is 2.87. The van der Waals surface area contributed by atoms with Crippen LogP contribution in [0.1, 0.15) is 34.0 Å². The summed E-state index contributed by atoms with van der Waals surface area (Å²) in [6.45, 7) is 1.86. The molecule has 4 rings (SSSR count). The highest BCUT2D eigenvalue weighted by Crippen LogP contribution is 2.25. The van der Waals surface area contributed by atoms with Crippen molar-refractivity contribution in [3.63, 3.8) is 0 Å². The molecular weight excluding hydrogens is 495 g/mol. The fourth-order valence-electron chi connectivity index (χ4n) is 4.42. The summed E-state index contributed by atoms with van der Waals surface area (Å²) in [6.07, 6.45) is -0.521. The van der Waals surface area contributed by atoms with Gasteiger partial charge in [0.25, 0.3) is 5.91 Å². The number of rotatable bonds is 9. The molecule has 0 saturated heterocycles. The lowest BCUT2D eigenvalue weighted by Gasteiger charge is -2.29. The Morgan fingerprint density at radius 3 is 2.37 bits per heavy atom. The number of hydrogen-bond donors (Lipinski definition) is 3. The molecule has 0 bridgehead atoms. The smallest absolute Gasteiger partial charge is 0.255 e. The van der Waals surface area contributed by atoms with Gasteiger partial charge in [0.1, 0.15) is 17.5 Å². The summed E-state index contributed by atoms with van der Waals surface area (Å²) in [5.74, 6) is -3.09. The van der Waals surface area contributed by atoms with Crippen LogP contribution in [0.3, 0.4) is 0 Å². The van der Waals surface area contributed by atoms with Gasteiger partial charge in [0, 0.05) is 36.7 Å². The number of halogens is 3. The molecule has 0 aliphatic carbocycles. The van der Waals surface area contributed by atoms with Crippen molar-refractivity contribution in [3.05, 3.63) is 106 Å². The second-order valence-corrected chi connectivity index (χ2v) is 9.26. The van der Waals surface area contributed by atoms with Gasteiger partial charge in [0.05, 0.1) is 17.2 Å². The highest BCUT2D eigenvalue weighted by molar-refractivity contribution is 6.06. The molecular formula is C29H28F3N3O3. The molecule has 198 valence electrons. The largest absolute Gasteiger partial charge is 0.493 e. The van der Waals surface area contributed by atoms with E-state index in [4.69, 9.17) is 5.73 Å². The average molecular weight is 524 g/mol. The SMILES string of the molecule is CCc1cccc(CN(C[C@@H](O)[C@@H](N)Cc2cc(F)cc(F)c2)C(=O)c2cc(O)nc3ccc(F)cc23)c1. The first-order chi connectivity index (χ1) is 18.1. The van der Waals surface area contributed by atoms with Crippen molar-refractivity contribution in [2.24, 2.45) is 5.73 Å². The van der Waals surface area contributed by atoms with Crippen LogP contribution in [0.25, 0.3) is 10.9 Å². The molecule has 0 aliphatic rings. The number of amides is 1. The van der Waals surface area contributed by atoms with E-state index >= 15 is 0 Å². The molecule has 9 heteroatoms. The molecule has 38 heavy (non-hydrogen) atoms. The number of aliphatic hydroxyl groups is 1. The van der Waals surface area contributed by atoms with Gasteiger partial charge < -0.3 is 20.8 Å². The van der Waals surface area contributed by atoms with Gasteiger partial charge in [0.15, 0.2) is 0 Å². The molecule has 1 heterocycles. The zero-order valence-electron chi connectivity index (χ0n) is 20.7. The highest BCUT2D eigenvalue weighted by Gasteiger charge is 2.26. The molecule has 0 saturated carbocycles. The third kappa shape index (κ3) is 6.48. The Morgan fingerprint density at radius 1 is 0.947 bits per heavy atom. The fraction of sp³-hybridized carbons (Fsp3) is 0.241. The van der Waals surface area contributed by atoms with Crippen LogP contribution in [0.4, 0.5) is 13.2 Å². The molecule has 3 aromatic carbocycles. The normalized spacial score (nSPS) is 12.9. The minimum atomic E-state index is -1.27. The Hall–Kier alpha value is -3.95. The molecule has 1 amide bonds. The number of benzene rings is 3. The van der Waals surface area contributed by atoms with Crippen LogP contribution in [0, 0.1) is 17.5 Å². The van der Waals surface area contributed by atoms with Crippen molar-refractivity contribution in [2.45, 2.75) is 38.5 Å². The predicted octanol–water partition coefficient (Wildman–Crippen LogP) is 4.49. The third-order valence-electron chi connectivity index (χ3n) is 6.34. The van der Waals surface area contributed by atoms with Crippen molar-refractivity contribution in [3.8, 4) is 5.88 Å². The first-order valence-electron chi connectivity index (χ1n) is 12.2. The van der Waals surface area contributed by atoms with Crippen molar-refractivity contribution in [1.82, 2.24) is 9.88 Å². The summed E-state index contributed by atoms with van der Waals surface area (Å²) in [4.78, 5) is 19.1. The lowest BCUT2D eigenvalue weighted by atomic mass is 10.0. The number of hydrogen-bond acceptors (Lipinski definition) is 5. The van der Waals surface area contributed by atoms with Crippen LogP contribution in [-0.4, -0.2) is 44.7 Å². The summed E-state index contributed by atoms with van der Waals surface area (Å²) in [5, 5.41) is 21.3. The third-order valence-corrected chi connectivity index (χ3v) is 6.34. The molecule has 6 nitrogen and oxygen atoms in total. The van der Waals surface area contributed by atoms with E-state index in [0.717, 1.165) is 47.9 Å². The minimum Gasteiger partial charge on any atom is -0.493 e. The summed E-state index contributed by atoms with van der Waals surface area (Å²) in [6, 6.07) is 14.5. The lowest BCUT2D eigenvalue weighted by molar-refractivity contribution is 0.0555. The maximum Gasteiger partial charge on any atom is 0.255 e. The molecule has 0 radical (unpaired) electrons. The Kier molecular flexibility index (Phi) is 8.29. The van der Waals surface area contributed by atoms with Gasteiger partial charge in [-0.05, 0) is 59.9 Å². The molecule has 2 atom stereocenters. The number of fused-ring (bicyclic) bond motifs is 1. The summed E-state index contributed by atoms with van der Waals surface area (Å²) >= 11 is 0. The summed E-state index contributed by atoms with van der Waals surface area (Å²) in [7, 11) is 0. The zero-order valence-corrected chi connectivity index (χ0v) is 20.7. The number of aromatic hydroxyl groups is 1. The lowest BCUT2D eigenvalue weighted by Crippen LogP contribution is -2.46. The van der Waals surface area contributed by atoms with Crippen LogP contribution in [0.15, 0.2) is 66.7 Å². The van der Waals surface area contributed by atoms with E-state index in [1.807, 2.05) is 31.2 Å². The number of nitrogens with zero attached hydrogens (tertiary/aromatic N) is 2. The van der Waals surface area contributed by atoms with Crippen molar-refractivity contribution in [2.75, 3.05) is 6.54 Å². The van der Waals surface area contributed by atoms with Gasteiger partial charge >= 0.3 is 0 Å². The van der Waals surface area contributed by atoms with Crippen LogP contribution < -0.4 is 5.73 Å². The first kappa shape index (κ1) is 27.1. The zero-order chi connectivity index (χ0) is 27.4. The highest BCUT2D eigenvalue weighted by atomic mass is 19.1. The van der Waals surface area contributed by atoms with Crippen LogP contribution >= 0.6 is 0 Å². The van der Waals surface area contributed by atoms with E-state index in [1.54, 1.807) is 0 Å². The van der Waals surface area contributed by atoms with E-state index in [2.05, 4.69) is 4.98 Å². The van der Waals surface area contributed by atoms with E-state index in [0.29, 0.717) is 0 Å². The number of carbonyl (C=O) groups is 1. The maximum absolute atomic E-state index is 14.1. The standard InChI is InChI=1S/C29H28F3N3O3/c1-2-17-4-3-5-18(8-17)15-35(16-27(36)25(33)11-19-9-21(31)12-22(32)10-19)29(38)24-14-28(37)34-26-7-6-20(30)13-23(24)26/h3-10,12-14,25,27,36H,2,11,15-16,33H2,1H3,(H,34,37)/t25-,27+/m0/s1. The Bertz CT molecular complexity index is 1440. The second kappa shape index (κ2) is 11.6. The van der Waals surface area contributed by atoms with Gasteiger partial charge in [-0.3, -0.25) is 4.79 Å². The number of carbonyl (C=O) groups excluding carboxylic acids is 1. The summed E-state index contributed by atoms with van der Waals surface area (Å²) in [5.41, 5.74) is 8.52. The Labute approximate surface area is 218 Å². The summed E-state index contributed by atoms with van der Waals surface area (Å²) < 4.78 is 41.3. The minimum absolute atomic E-state index is 0.00613. The second-order valence-electron chi connectivity index (χ2n) is 9.26. The topological polar surface area (TPSA) is 99.7 Å². The maximum atomic E-state index is 14.1. The van der Waals surface area contributed by atoms with Gasteiger partial charge in [-0.25, -0.2) is 18.2 Å². The Morgan fingerprint density at radius 2 is 1.66 bits per heavy atom. The van der Waals surface area contributed by atoms with E-state index in [1.165, 1.54) is 17.0 Å². The number of aryl methyl sites for hydroxylation is 1. The van der Waals surface area contributed by atoms with Crippen molar-refractivity contribution < 1.29 is 28.2 Å². The molecule has 4 aromatic rings. The van der Waals surface area contributed by atoms with Crippen LogP contribution in [0.5, 0.6) is 5.88 Å². The van der Waals surface area contributed by atoms with E-state index in [9.17, 15) is 28.2 Å². The fourth-order valence-corrected chi connectivity index (χ4v) is 4.42. The quantitative estimate of drug-likeness (QED) is 0.300. The van der Waals surface area contributed by atoms with Gasteiger partial charge in [-0.2, -0.15) is 0 Å². The van der Waals surface area contributed by atoms with Gasteiger partial charge in [-0.15, -0.1) is 0 Å². The Balaban J connectivity index is 1.66. The molecule has 4 N–H and O–H groups in total. The number of aromatic nitrogens is 1. The molecule has 1 aromatic heterocycles. The van der Waals surface area contributed by atoms with E-state index < -0.39 is 41.4 Å². The number of pyridine rings is 1. The van der Waals surface area contributed by atoms with Crippen LogP contribution in [-0.2, 0) is 19.4 Å². The molecule has 0 fully saturated rings. The number of aliphatic hydroxyl groups excluding tert-OH is 1. The van der Waals surface area contributed by atoms with Gasteiger partial charge in [-0.1, -0.05) is 31.2 Å². The molecule has 0 spiro atoms.